The zero-order valence-electron chi connectivity index (χ0n) is 8.72. The van der Waals surface area contributed by atoms with Crippen LogP contribution in [-0.2, 0) is 11.2 Å². The highest BCUT2D eigenvalue weighted by Gasteiger charge is 2.19. The van der Waals surface area contributed by atoms with Crippen LogP contribution in [0.2, 0.25) is 0 Å². The second-order valence-corrected chi connectivity index (χ2v) is 4.10. The van der Waals surface area contributed by atoms with Gasteiger partial charge in [-0.3, -0.25) is 9.48 Å². The Morgan fingerprint density at radius 1 is 1.53 bits per heavy atom. The lowest BCUT2D eigenvalue weighted by atomic mass is 10.2. The zero-order chi connectivity index (χ0) is 10.7. The van der Waals surface area contributed by atoms with Gasteiger partial charge in [-0.2, -0.15) is 5.10 Å². The summed E-state index contributed by atoms with van der Waals surface area (Å²) in [6.07, 6.45) is 7.45. The van der Waals surface area contributed by atoms with Crippen LogP contribution in [0.1, 0.15) is 43.8 Å². The average Bonchev–Trinajstić information content (AvgIpc) is 2.85. The van der Waals surface area contributed by atoms with E-state index in [9.17, 15) is 4.79 Å². The van der Waals surface area contributed by atoms with Crippen molar-refractivity contribution in [2.45, 2.75) is 44.6 Å². The first-order valence-electron chi connectivity index (χ1n) is 5.51. The third kappa shape index (κ3) is 2.37. The SMILES string of the molecule is O=C(O)CCc1ccnn1C1CCCC1. The lowest BCUT2D eigenvalue weighted by molar-refractivity contribution is -0.137. The van der Waals surface area contributed by atoms with E-state index in [-0.39, 0.29) is 6.42 Å². The lowest BCUT2D eigenvalue weighted by Crippen LogP contribution is -2.11. The fraction of sp³-hybridized carbons (Fsp3) is 0.636. The molecule has 0 aliphatic heterocycles. The monoisotopic (exact) mass is 208 g/mol. The maximum Gasteiger partial charge on any atom is 0.303 e. The fourth-order valence-electron chi connectivity index (χ4n) is 2.25. The molecule has 0 radical (unpaired) electrons. The van der Waals surface area contributed by atoms with Crippen LogP contribution >= 0.6 is 0 Å². The van der Waals surface area contributed by atoms with Crippen LogP contribution in [-0.4, -0.2) is 20.9 Å². The predicted octanol–water partition coefficient (Wildman–Crippen LogP) is 2.02. The number of carboxylic acids is 1. The minimum atomic E-state index is -0.742. The lowest BCUT2D eigenvalue weighted by Gasteiger charge is -2.13. The molecule has 0 atom stereocenters. The van der Waals surface area contributed by atoms with E-state index < -0.39 is 5.97 Å². The van der Waals surface area contributed by atoms with Gasteiger partial charge in [-0.15, -0.1) is 0 Å². The summed E-state index contributed by atoms with van der Waals surface area (Å²) in [5.74, 6) is -0.742. The Morgan fingerprint density at radius 3 is 2.93 bits per heavy atom. The van der Waals surface area contributed by atoms with Gasteiger partial charge in [-0.1, -0.05) is 12.8 Å². The highest BCUT2D eigenvalue weighted by Crippen LogP contribution is 2.29. The number of aromatic nitrogens is 2. The molecule has 4 nitrogen and oxygen atoms in total. The summed E-state index contributed by atoms with van der Waals surface area (Å²) in [6.45, 7) is 0. The summed E-state index contributed by atoms with van der Waals surface area (Å²) in [7, 11) is 0. The number of carbonyl (C=O) groups is 1. The molecule has 1 fully saturated rings. The third-order valence-electron chi connectivity index (χ3n) is 3.02. The maximum atomic E-state index is 10.5. The molecular weight excluding hydrogens is 192 g/mol. The van der Waals surface area contributed by atoms with Crippen molar-refractivity contribution in [3.05, 3.63) is 18.0 Å². The molecule has 1 saturated carbocycles. The van der Waals surface area contributed by atoms with Gasteiger partial charge in [0.25, 0.3) is 0 Å². The van der Waals surface area contributed by atoms with E-state index in [0.717, 1.165) is 5.69 Å². The molecule has 1 aliphatic carbocycles. The molecule has 0 aromatic carbocycles. The maximum absolute atomic E-state index is 10.5. The van der Waals surface area contributed by atoms with E-state index in [0.29, 0.717) is 12.5 Å². The third-order valence-corrected chi connectivity index (χ3v) is 3.02. The van der Waals surface area contributed by atoms with Crippen molar-refractivity contribution in [1.29, 1.82) is 0 Å². The highest BCUT2D eigenvalue weighted by molar-refractivity contribution is 5.66. The molecule has 82 valence electrons. The fourth-order valence-corrected chi connectivity index (χ4v) is 2.25. The highest BCUT2D eigenvalue weighted by atomic mass is 16.4. The van der Waals surface area contributed by atoms with Gasteiger partial charge in [0.1, 0.15) is 0 Å². The van der Waals surface area contributed by atoms with Gasteiger partial charge in [-0.05, 0) is 25.3 Å². The average molecular weight is 208 g/mol. The molecule has 0 bridgehead atoms. The van der Waals surface area contributed by atoms with Crippen LogP contribution in [0.15, 0.2) is 12.3 Å². The number of aryl methyl sites for hydroxylation is 1. The van der Waals surface area contributed by atoms with Crippen LogP contribution in [0, 0.1) is 0 Å². The van der Waals surface area contributed by atoms with Crippen LogP contribution in [0.4, 0.5) is 0 Å². The number of carboxylic acid groups (broad SMARTS) is 1. The number of hydrogen-bond acceptors (Lipinski definition) is 2. The minimum absolute atomic E-state index is 0.193. The van der Waals surface area contributed by atoms with Gasteiger partial charge < -0.3 is 5.11 Å². The topological polar surface area (TPSA) is 55.1 Å². The van der Waals surface area contributed by atoms with Crippen LogP contribution < -0.4 is 0 Å². The van der Waals surface area contributed by atoms with Gasteiger partial charge in [0, 0.05) is 11.9 Å². The molecule has 1 aromatic rings. The summed E-state index contributed by atoms with van der Waals surface area (Å²) in [4.78, 5) is 10.5. The summed E-state index contributed by atoms with van der Waals surface area (Å²) in [5, 5.41) is 12.9. The van der Waals surface area contributed by atoms with Gasteiger partial charge in [0.15, 0.2) is 0 Å². The molecule has 1 N–H and O–H groups in total. The number of aliphatic carboxylic acids is 1. The molecule has 15 heavy (non-hydrogen) atoms. The van der Waals surface area contributed by atoms with Crippen molar-refractivity contribution in [3.63, 3.8) is 0 Å². The van der Waals surface area contributed by atoms with Gasteiger partial charge in [0.2, 0.25) is 0 Å². The molecule has 0 unspecified atom stereocenters. The molecule has 0 amide bonds. The van der Waals surface area contributed by atoms with E-state index >= 15 is 0 Å². The smallest absolute Gasteiger partial charge is 0.303 e. The normalized spacial score (nSPS) is 17.1. The van der Waals surface area contributed by atoms with Crippen molar-refractivity contribution < 1.29 is 9.90 Å². The van der Waals surface area contributed by atoms with E-state index in [1.807, 2.05) is 10.7 Å². The molecule has 0 saturated heterocycles. The Labute approximate surface area is 88.9 Å². The van der Waals surface area contributed by atoms with Gasteiger partial charge in [0.05, 0.1) is 12.5 Å². The Hall–Kier alpha value is -1.32. The van der Waals surface area contributed by atoms with Crippen LogP contribution in [0.3, 0.4) is 0 Å². The molecule has 4 heteroatoms. The van der Waals surface area contributed by atoms with Crippen LogP contribution in [0.5, 0.6) is 0 Å². The standard InChI is InChI=1S/C11H16N2O2/c14-11(15)6-5-10-7-8-12-13(10)9-3-1-2-4-9/h7-9H,1-6H2,(H,14,15). The van der Waals surface area contributed by atoms with Gasteiger partial charge in [-0.25, -0.2) is 0 Å². The van der Waals surface area contributed by atoms with E-state index in [4.69, 9.17) is 5.11 Å². The summed E-state index contributed by atoms with van der Waals surface area (Å²) in [5.41, 5.74) is 1.06. The second kappa shape index (κ2) is 4.47. The van der Waals surface area contributed by atoms with E-state index in [1.54, 1.807) is 6.20 Å². The number of hydrogen-bond donors (Lipinski definition) is 1. The van der Waals surface area contributed by atoms with E-state index in [1.165, 1.54) is 25.7 Å². The quantitative estimate of drug-likeness (QED) is 0.823. The largest absolute Gasteiger partial charge is 0.481 e. The Bertz CT molecular complexity index is 340. The molecular formula is C11H16N2O2. The van der Waals surface area contributed by atoms with Crippen molar-refractivity contribution in [2.24, 2.45) is 0 Å². The van der Waals surface area contributed by atoms with E-state index in [2.05, 4.69) is 5.10 Å². The first-order valence-corrected chi connectivity index (χ1v) is 5.51. The predicted molar refractivity (Wildman–Crippen MR) is 55.7 cm³/mol. The summed E-state index contributed by atoms with van der Waals surface area (Å²) >= 11 is 0. The van der Waals surface area contributed by atoms with Gasteiger partial charge >= 0.3 is 5.97 Å². The molecule has 1 aliphatic rings. The van der Waals surface area contributed by atoms with Crippen LogP contribution in [0.25, 0.3) is 0 Å². The zero-order valence-corrected chi connectivity index (χ0v) is 8.72. The molecule has 0 spiro atoms. The van der Waals surface area contributed by atoms with Crippen molar-refractivity contribution in [2.75, 3.05) is 0 Å². The number of rotatable bonds is 4. The minimum Gasteiger partial charge on any atom is -0.481 e. The summed E-state index contributed by atoms with van der Waals surface area (Å²) < 4.78 is 2.02. The van der Waals surface area contributed by atoms with Crippen molar-refractivity contribution in [3.8, 4) is 0 Å². The number of nitrogens with zero attached hydrogens (tertiary/aromatic N) is 2. The summed E-state index contributed by atoms with van der Waals surface area (Å²) in [6, 6.07) is 2.44. The van der Waals surface area contributed by atoms with Crippen molar-refractivity contribution >= 4 is 5.97 Å². The molecule has 2 rings (SSSR count). The Kier molecular flexibility index (Phi) is 3.04. The molecule has 1 aromatic heterocycles. The first kappa shape index (κ1) is 10.2. The second-order valence-electron chi connectivity index (χ2n) is 4.10. The Morgan fingerprint density at radius 2 is 2.27 bits per heavy atom. The first-order chi connectivity index (χ1) is 7.27. The van der Waals surface area contributed by atoms with Crippen molar-refractivity contribution in [1.82, 2.24) is 9.78 Å². The molecule has 1 heterocycles. The Balaban J connectivity index is 2.04.